The quantitative estimate of drug-likeness (QED) is 0.799. The molecule has 16 heavy (non-hydrogen) atoms. The molecular formula is C13H27NO2. The Morgan fingerprint density at radius 1 is 1.38 bits per heavy atom. The van der Waals surface area contributed by atoms with Crippen molar-refractivity contribution < 1.29 is 9.84 Å². The van der Waals surface area contributed by atoms with Crippen LogP contribution in [0.2, 0.25) is 0 Å². The van der Waals surface area contributed by atoms with Crippen molar-refractivity contribution in [2.45, 2.75) is 57.7 Å². The zero-order valence-corrected chi connectivity index (χ0v) is 11.4. The summed E-state index contributed by atoms with van der Waals surface area (Å²) in [7, 11) is 3.90. The fourth-order valence-corrected chi connectivity index (χ4v) is 2.72. The van der Waals surface area contributed by atoms with Gasteiger partial charge in [0, 0.05) is 18.7 Å². The van der Waals surface area contributed by atoms with Gasteiger partial charge in [0.1, 0.15) is 0 Å². The van der Waals surface area contributed by atoms with Crippen LogP contribution >= 0.6 is 0 Å². The summed E-state index contributed by atoms with van der Waals surface area (Å²) in [4.78, 5) is 2.38. The molecule has 3 unspecified atom stereocenters. The first-order valence-electron chi connectivity index (χ1n) is 6.28. The van der Waals surface area contributed by atoms with Gasteiger partial charge in [0.05, 0.1) is 12.7 Å². The van der Waals surface area contributed by atoms with Crippen LogP contribution in [0.1, 0.15) is 40.0 Å². The van der Waals surface area contributed by atoms with Crippen LogP contribution in [0.25, 0.3) is 0 Å². The maximum Gasteiger partial charge on any atom is 0.0641 e. The number of nitrogens with zero attached hydrogens (tertiary/aromatic N) is 1. The van der Waals surface area contributed by atoms with E-state index in [9.17, 15) is 5.11 Å². The molecular weight excluding hydrogens is 202 g/mol. The Morgan fingerprint density at radius 2 is 2.00 bits per heavy atom. The highest BCUT2D eigenvalue weighted by atomic mass is 16.5. The zero-order valence-electron chi connectivity index (χ0n) is 11.4. The van der Waals surface area contributed by atoms with Crippen molar-refractivity contribution in [1.82, 2.24) is 4.90 Å². The predicted molar refractivity (Wildman–Crippen MR) is 66.5 cm³/mol. The highest BCUT2D eigenvalue weighted by Gasteiger charge is 2.36. The Balaban J connectivity index is 2.66. The van der Waals surface area contributed by atoms with E-state index in [0.717, 1.165) is 25.9 Å². The molecule has 0 radical (unpaired) electrons. The van der Waals surface area contributed by atoms with Crippen LogP contribution in [0.4, 0.5) is 0 Å². The van der Waals surface area contributed by atoms with E-state index in [1.807, 2.05) is 0 Å². The smallest absolute Gasteiger partial charge is 0.0641 e. The maximum absolute atomic E-state index is 9.78. The van der Waals surface area contributed by atoms with Crippen LogP contribution in [-0.2, 0) is 4.74 Å². The van der Waals surface area contributed by atoms with E-state index in [1.165, 1.54) is 0 Å². The lowest BCUT2D eigenvalue weighted by Crippen LogP contribution is -2.54. The SMILES string of the molecule is COCC(C)(C)N(C)C1CC(O)CCC1C. The van der Waals surface area contributed by atoms with Crippen LogP contribution in [-0.4, -0.2) is 48.5 Å². The molecule has 0 aromatic rings. The molecule has 96 valence electrons. The van der Waals surface area contributed by atoms with Gasteiger partial charge in [-0.05, 0) is 46.1 Å². The third-order valence-electron chi connectivity index (χ3n) is 4.08. The monoisotopic (exact) mass is 229 g/mol. The molecule has 0 saturated heterocycles. The van der Waals surface area contributed by atoms with E-state index in [0.29, 0.717) is 12.0 Å². The first-order chi connectivity index (χ1) is 7.38. The third kappa shape index (κ3) is 3.19. The lowest BCUT2D eigenvalue weighted by Gasteiger charge is -2.46. The molecule has 1 saturated carbocycles. The van der Waals surface area contributed by atoms with Crippen molar-refractivity contribution in [3.8, 4) is 0 Å². The van der Waals surface area contributed by atoms with Crippen molar-refractivity contribution in [2.24, 2.45) is 5.92 Å². The van der Waals surface area contributed by atoms with Crippen molar-refractivity contribution in [3.05, 3.63) is 0 Å². The molecule has 0 bridgehead atoms. The van der Waals surface area contributed by atoms with Gasteiger partial charge in [-0.25, -0.2) is 0 Å². The van der Waals surface area contributed by atoms with E-state index >= 15 is 0 Å². The summed E-state index contributed by atoms with van der Waals surface area (Å²) < 4.78 is 5.28. The normalized spacial score (nSPS) is 32.1. The fraction of sp³-hybridized carbons (Fsp3) is 1.00. The van der Waals surface area contributed by atoms with E-state index in [2.05, 4.69) is 32.7 Å². The average Bonchev–Trinajstić information content (AvgIpc) is 2.20. The van der Waals surface area contributed by atoms with Crippen molar-refractivity contribution in [3.63, 3.8) is 0 Å². The average molecular weight is 229 g/mol. The minimum Gasteiger partial charge on any atom is -0.393 e. The van der Waals surface area contributed by atoms with E-state index in [-0.39, 0.29) is 11.6 Å². The van der Waals surface area contributed by atoms with Gasteiger partial charge >= 0.3 is 0 Å². The second-order valence-corrected chi connectivity index (χ2v) is 5.87. The van der Waals surface area contributed by atoms with Gasteiger partial charge in [0.25, 0.3) is 0 Å². The van der Waals surface area contributed by atoms with E-state index in [1.54, 1.807) is 7.11 Å². The summed E-state index contributed by atoms with van der Waals surface area (Å²) in [5, 5.41) is 9.78. The van der Waals surface area contributed by atoms with Crippen molar-refractivity contribution in [1.29, 1.82) is 0 Å². The van der Waals surface area contributed by atoms with Crippen LogP contribution in [0.3, 0.4) is 0 Å². The Labute approximate surface area is 99.8 Å². The molecule has 1 rings (SSSR count). The standard InChI is InChI=1S/C13H27NO2/c1-10-6-7-11(15)8-12(10)14(4)13(2,3)9-16-5/h10-12,15H,6-9H2,1-5H3. The second-order valence-electron chi connectivity index (χ2n) is 5.87. The lowest BCUT2D eigenvalue weighted by molar-refractivity contribution is -0.0279. The molecule has 1 N–H and O–H groups in total. The molecule has 0 aromatic carbocycles. The molecule has 3 atom stereocenters. The molecule has 0 aromatic heterocycles. The number of aliphatic hydroxyl groups is 1. The minimum absolute atomic E-state index is 0.0325. The van der Waals surface area contributed by atoms with Gasteiger partial charge in [-0.3, -0.25) is 4.90 Å². The number of aliphatic hydroxyl groups excluding tert-OH is 1. The third-order valence-corrected chi connectivity index (χ3v) is 4.08. The minimum atomic E-state index is -0.123. The highest BCUT2D eigenvalue weighted by Crippen LogP contribution is 2.31. The number of ether oxygens (including phenoxy) is 1. The van der Waals surface area contributed by atoms with Gasteiger partial charge in [-0.2, -0.15) is 0 Å². The molecule has 1 fully saturated rings. The van der Waals surface area contributed by atoms with Gasteiger partial charge in [-0.15, -0.1) is 0 Å². The Bertz CT molecular complexity index is 218. The number of hydrogen-bond acceptors (Lipinski definition) is 3. The van der Waals surface area contributed by atoms with Crippen LogP contribution < -0.4 is 0 Å². The summed E-state index contributed by atoms with van der Waals surface area (Å²) in [6, 6.07) is 0.467. The number of methoxy groups -OCH3 is 1. The molecule has 3 heteroatoms. The Hall–Kier alpha value is -0.120. The molecule has 3 nitrogen and oxygen atoms in total. The lowest BCUT2D eigenvalue weighted by atomic mass is 9.81. The summed E-state index contributed by atoms with van der Waals surface area (Å²) in [5.74, 6) is 0.657. The number of rotatable bonds is 4. The molecule has 0 aliphatic heterocycles. The van der Waals surface area contributed by atoms with Gasteiger partial charge in [-0.1, -0.05) is 6.92 Å². The van der Waals surface area contributed by atoms with Gasteiger partial charge in [0.15, 0.2) is 0 Å². The number of likely N-dealkylation sites (N-methyl/N-ethyl adjacent to an activating group) is 1. The predicted octanol–water partition coefficient (Wildman–Crippen LogP) is 1.89. The highest BCUT2D eigenvalue weighted by molar-refractivity contribution is 4.90. The maximum atomic E-state index is 9.78. The Morgan fingerprint density at radius 3 is 2.56 bits per heavy atom. The summed E-state index contributed by atoms with van der Waals surface area (Å²) >= 11 is 0. The molecule has 0 amide bonds. The van der Waals surface area contributed by atoms with Crippen molar-refractivity contribution in [2.75, 3.05) is 20.8 Å². The molecule has 1 aliphatic rings. The van der Waals surface area contributed by atoms with Crippen LogP contribution in [0.15, 0.2) is 0 Å². The molecule has 1 aliphatic carbocycles. The first kappa shape index (κ1) is 13.9. The fourth-order valence-electron chi connectivity index (χ4n) is 2.72. The summed E-state index contributed by atoms with van der Waals surface area (Å²) in [6.07, 6.45) is 2.85. The van der Waals surface area contributed by atoms with Gasteiger partial charge < -0.3 is 9.84 Å². The largest absolute Gasteiger partial charge is 0.393 e. The van der Waals surface area contributed by atoms with E-state index in [4.69, 9.17) is 4.74 Å². The Kier molecular flexibility index (Phi) is 4.77. The zero-order chi connectivity index (χ0) is 12.3. The summed E-state index contributed by atoms with van der Waals surface area (Å²) in [6.45, 7) is 7.41. The van der Waals surface area contributed by atoms with Crippen LogP contribution in [0, 0.1) is 5.92 Å². The van der Waals surface area contributed by atoms with E-state index < -0.39 is 0 Å². The van der Waals surface area contributed by atoms with Crippen molar-refractivity contribution >= 4 is 0 Å². The van der Waals surface area contributed by atoms with Crippen LogP contribution in [0.5, 0.6) is 0 Å². The number of hydrogen-bond donors (Lipinski definition) is 1. The van der Waals surface area contributed by atoms with Gasteiger partial charge in [0.2, 0.25) is 0 Å². The summed E-state index contributed by atoms with van der Waals surface area (Å²) in [5.41, 5.74) is 0.0325. The topological polar surface area (TPSA) is 32.7 Å². The molecule has 0 heterocycles. The molecule has 0 spiro atoms. The first-order valence-corrected chi connectivity index (χ1v) is 6.28. The second kappa shape index (κ2) is 5.48.